The van der Waals surface area contributed by atoms with Crippen LogP contribution in [0.3, 0.4) is 0 Å². The standard InChI is InChI=1S/C17H13Cl2F2N3.C2H4O2/c1-9-16(12-5-3-10(18)7-13(12)19)17(24(2)23-9)22-15-6-4-11(20)8-14(15)21;1-2(3)4/h3-8,22H,1-2H3;1H3,(H,3,4). The van der Waals surface area contributed by atoms with Crippen molar-refractivity contribution < 1.29 is 18.7 Å². The highest BCUT2D eigenvalue weighted by atomic mass is 35.5. The molecule has 0 radical (unpaired) electrons. The summed E-state index contributed by atoms with van der Waals surface area (Å²) in [6.07, 6.45) is 0. The largest absolute Gasteiger partial charge is 0.481 e. The Balaban J connectivity index is 0.000000640. The summed E-state index contributed by atoms with van der Waals surface area (Å²) < 4.78 is 28.6. The summed E-state index contributed by atoms with van der Waals surface area (Å²) in [5.74, 6) is -1.62. The van der Waals surface area contributed by atoms with Gasteiger partial charge < -0.3 is 10.4 Å². The summed E-state index contributed by atoms with van der Waals surface area (Å²) in [6, 6.07) is 8.47. The minimum atomic E-state index is -0.833. The van der Waals surface area contributed by atoms with Gasteiger partial charge in [-0.1, -0.05) is 29.3 Å². The molecule has 2 aromatic carbocycles. The molecule has 1 aromatic heterocycles. The number of carboxylic acid groups (broad SMARTS) is 1. The van der Waals surface area contributed by atoms with Crippen molar-refractivity contribution >= 4 is 40.7 Å². The van der Waals surface area contributed by atoms with Gasteiger partial charge in [0.2, 0.25) is 0 Å². The van der Waals surface area contributed by atoms with Crippen LogP contribution in [0.2, 0.25) is 10.0 Å². The first-order valence-corrected chi connectivity index (χ1v) is 8.76. The predicted octanol–water partition coefficient (Wildman–Crippen LogP) is 5.82. The van der Waals surface area contributed by atoms with Crippen molar-refractivity contribution in [3.63, 3.8) is 0 Å². The number of carbonyl (C=O) groups is 1. The molecule has 2 N–H and O–H groups in total. The van der Waals surface area contributed by atoms with E-state index in [0.29, 0.717) is 21.6 Å². The summed E-state index contributed by atoms with van der Waals surface area (Å²) in [7, 11) is 1.73. The second-order valence-corrected chi connectivity index (χ2v) is 6.67. The number of carboxylic acids is 1. The van der Waals surface area contributed by atoms with Gasteiger partial charge in [0.25, 0.3) is 5.97 Å². The molecule has 0 atom stereocenters. The van der Waals surface area contributed by atoms with Crippen LogP contribution >= 0.6 is 23.2 Å². The smallest absolute Gasteiger partial charge is 0.300 e. The van der Waals surface area contributed by atoms with Crippen LogP contribution in [-0.4, -0.2) is 20.9 Å². The molecule has 3 rings (SSSR count). The van der Waals surface area contributed by atoms with Crippen molar-refractivity contribution in [1.29, 1.82) is 0 Å². The topological polar surface area (TPSA) is 67.1 Å². The maximum absolute atomic E-state index is 14.0. The highest BCUT2D eigenvalue weighted by Crippen LogP contribution is 2.38. The predicted molar refractivity (Wildman–Crippen MR) is 106 cm³/mol. The number of halogens is 4. The summed E-state index contributed by atoms with van der Waals surface area (Å²) in [5, 5.41) is 15.7. The molecular formula is C19H17Cl2F2N3O2. The first-order valence-electron chi connectivity index (χ1n) is 8.00. The Morgan fingerprint density at radius 3 is 2.39 bits per heavy atom. The molecule has 0 aliphatic heterocycles. The van der Waals surface area contributed by atoms with E-state index in [1.165, 1.54) is 12.1 Å². The van der Waals surface area contributed by atoms with Gasteiger partial charge >= 0.3 is 0 Å². The van der Waals surface area contributed by atoms with Gasteiger partial charge in [-0.05, 0) is 31.2 Å². The fraction of sp³-hybridized carbons (Fsp3) is 0.158. The summed E-state index contributed by atoms with van der Waals surface area (Å²) in [5.41, 5.74) is 2.30. The number of anilines is 2. The van der Waals surface area contributed by atoms with Crippen molar-refractivity contribution in [3.8, 4) is 11.1 Å². The van der Waals surface area contributed by atoms with Crippen LogP contribution in [0, 0.1) is 18.6 Å². The fourth-order valence-corrected chi connectivity index (χ4v) is 3.04. The lowest BCUT2D eigenvalue weighted by molar-refractivity contribution is -0.134. The number of nitrogens with one attached hydrogen (secondary N) is 1. The third-order valence-corrected chi connectivity index (χ3v) is 4.15. The van der Waals surface area contributed by atoms with Gasteiger partial charge in [-0.25, -0.2) is 8.78 Å². The number of aryl methyl sites for hydroxylation is 2. The second-order valence-electron chi connectivity index (χ2n) is 5.82. The third-order valence-electron chi connectivity index (χ3n) is 3.61. The van der Waals surface area contributed by atoms with Crippen LogP contribution in [0.1, 0.15) is 12.6 Å². The molecule has 0 saturated heterocycles. The number of hydrogen-bond acceptors (Lipinski definition) is 3. The number of rotatable bonds is 3. The van der Waals surface area contributed by atoms with Crippen LogP contribution in [0.5, 0.6) is 0 Å². The van der Waals surface area contributed by atoms with Crippen molar-refractivity contribution in [2.75, 3.05) is 5.32 Å². The van der Waals surface area contributed by atoms with Gasteiger partial charge in [0.1, 0.15) is 17.5 Å². The molecular weight excluding hydrogens is 411 g/mol. The maximum atomic E-state index is 14.0. The monoisotopic (exact) mass is 427 g/mol. The molecule has 0 amide bonds. The molecule has 0 spiro atoms. The minimum absolute atomic E-state index is 0.144. The van der Waals surface area contributed by atoms with Crippen LogP contribution in [0.25, 0.3) is 11.1 Å². The zero-order valence-electron chi connectivity index (χ0n) is 15.2. The molecule has 1 heterocycles. The number of nitrogens with zero attached hydrogens (tertiary/aromatic N) is 2. The zero-order chi connectivity index (χ0) is 21.0. The number of aromatic nitrogens is 2. The van der Waals surface area contributed by atoms with Gasteiger partial charge in [-0.2, -0.15) is 5.10 Å². The van der Waals surface area contributed by atoms with E-state index in [1.54, 1.807) is 29.9 Å². The van der Waals surface area contributed by atoms with Gasteiger partial charge in [0.15, 0.2) is 0 Å². The average Bonchev–Trinajstić information content (AvgIpc) is 2.83. The molecule has 0 saturated carbocycles. The second kappa shape index (κ2) is 9.03. The lowest BCUT2D eigenvalue weighted by Gasteiger charge is -2.12. The zero-order valence-corrected chi connectivity index (χ0v) is 16.7. The Hall–Kier alpha value is -2.64. The van der Waals surface area contributed by atoms with Crippen molar-refractivity contribution in [2.45, 2.75) is 13.8 Å². The lowest BCUT2D eigenvalue weighted by Crippen LogP contribution is -2.02. The van der Waals surface area contributed by atoms with E-state index in [4.69, 9.17) is 33.1 Å². The third kappa shape index (κ3) is 5.21. The minimum Gasteiger partial charge on any atom is -0.481 e. The highest BCUT2D eigenvalue weighted by Gasteiger charge is 2.19. The van der Waals surface area contributed by atoms with Gasteiger partial charge in [0.05, 0.1) is 16.4 Å². The molecule has 28 heavy (non-hydrogen) atoms. The molecule has 148 valence electrons. The summed E-state index contributed by atoms with van der Waals surface area (Å²) >= 11 is 12.2. The van der Waals surface area contributed by atoms with Crippen LogP contribution in [0.15, 0.2) is 36.4 Å². The summed E-state index contributed by atoms with van der Waals surface area (Å²) in [4.78, 5) is 9.00. The first kappa shape index (κ1) is 21.7. The van der Waals surface area contributed by atoms with Crippen LogP contribution < -0.4 is 5.32 Å². The molecule has 0 bridgehead atoms. The Bertz CT molecular complexity index is 1020. The number of benzene rings is 2. The molecule has 0 unspecified atom stereocenters. The molecule has 0 aliphatic carbocycles. The van der Waals surface area contributed by atoms with E-state index in [2.05, 4.69) is 10.4 Å². The van der Waals surface area contributed by atoms with Crippen LogP contribution in [0.4, 0.5) is 20.3 Å². The normalized spacial score (nSPS) is 10.2. The molecule has 5 nitrogen and oxygen atoms in total. The first-order chi connectivity index (χ1) is 13.1. The highest BCUT2D eigenvalue weighted by molar-refractivity contribution is 6.36. The van der Waals surface area contributed by atoms with Gasteiger partial charge in [0, 0.05) is 36.2 Å². The van der Waals surface area contributed by atoms with Crippen molar-refractivity contribution in [2.24, 2.45) is 7.05 Å². The van der Waals surface area contributed by atoms with Crippen molar-refractivity contribution in [1.82, 2.24) is 9.78 Å². The summed E-state index contributed by atoms with van der Waals surface area (Å²) in [6.45, 7) is 2.91. The quantitative estimate of drug-likeness (QED) is 0.552. The van der Waals surface area contributed by atoms with E-state index in [-0.39, 0.29) is 5.69 Å². The van der Waals surface area contributed by atoms with Crippen molar-refractivity contribution in [3.05, 3.63) is 63.8 Å². The number of aliphatic carboxylic acids is 1. The molecule has 3 aromatic rings. The SMILES string of the molecule is CC(=O)O.Cc1nn(C)c(Nc2ccc(F)cc2F)c1-c1ccc(Cl)cc1Cl. The Morgan fingerprint density at radius 1 is 1.18 bits per heavy atom. The Kier molecular flexibility index (Phi) is 6.99. The van der Waals surface area contributed by atoms with E-state index < -0.39 is 17.6 Å². The Labute approximate surface area is 170 Å². The molecule has 0 fully saturated rings. The van der Waals surface area contributed by atoms with Gasteiger partial charge in [-0.3, -0.25) is 9.48 Å². The average molecular weight is 428 g/mol. The van der Waals surface area contributed by atoms with Crippen LogP contribution in [-0.2, 0) is 11.8 Å². The fourth-order valence-electron chi connectivity index (χ4n) is 2.53. The Morgan fingerprint density at radius 2 is 1.82 bits per heavy atom. The van der Waals surface area contributed by atoms with E-state index in [0.717, 1.165) is 24.1 Å². The molecule has 0 aliphatic rings. The van der Waals surface area contributed by atoms with Gasteiger partial charge in [-0.15, -0.1) is 0 Å². The number of hydrogen-bond donors (Lipinski definition) is 2. The van der Waals surface area contributed by atoms with E-state index in [1.807, 2.05) is 6.92 Å². The maximum Gasteiger partial charge on any atom is 0.300 e. The molecule has 9 heteroatoms. The van der Waals surface area contributed by atoms with E-state index >= 15 is 0 Å². The van der Waals surface area contributed by atoms with E-state index in [9.17, 15) is 8.78 Å². The lowest BCUT2D eigenvalue weighted by atomic mass is 10.1.